The van der Waals surface area contributed by atoms with E-state index in [1.54, 1.807) is 4.90 Å². The van der Waals surface area contributed by atoms with Gasteiger partial charge in [0.2, 0.25) is 0 Å². The van der Waals surface area contributed by atoms with Crippen molar-refractivity contribution < 1.29 is 9.53 Å². The fourth-order valence-electron chi connectivity index (χ4n) is 2.06. The maximum atomic E-state index is 11.8. The van der Waals surface area contributed by atoms with Gasteiger partial charge in [0.05, 0.1) is 16.8 Å². The topological polar surface area (TPSA) is 41.6 Å². The van der Waals surface area contributed by atoms with Crippen LogP contribution in [0.25, 0.3) is 0 Å². The molecule has 0 bridgehead atoms. The lowest BCUT2D eigenvalue weighted by Crippen LogP contribution is -2.58. The van der Waals surface area contributed by atoms with E-state index < -0.39 is 5.60 Å². The Labute approximate surface area is 125 Å². The average Bonchev–Trinajstić information content (AvgIpc) is 2.23. The monoisotopic (exact) mass is 296 g/mol. The molecular weight excluding hydrogens is 276 g/mol. The number of carbonyl (C=O) groups is 1. The normalized spacial score (nSPS) is 15.8. The van der Waals surface area contributed by atoms with Gasteiger partial charge in [0.1, 0.15) is 5.60 Å². The number of para-hydroxylation sites is 1. The highest BCUT2D eigenvalue weighted by atomic mass is 35.5. The summed E-state index contributed by atoms with van der Waals surface area (Å²) in [6, 6.07) is 6.03. The standard InChI is InChI=1S/C15H21ClN2O2/c1-10-6-5-7-12(16)13(10)17-11-8-18(9-11)14(19)20-15(2,3)4/h5-7,11,17H,8-9H2,1-4H3. The molecular formula is C15H21ClN2O2. The van der Waals surface area contributed by atoms with Crippen LogP contribution in [0.1, 0.15) is 26.3 Å². The molecule has 4 nitrogen and oxygen atoms in total. The summed E-state index contributed by atoms with van der Waals surface area (Å²) in [5.74, 6) is 0. The molecule has 1 aromatic rings. The van der Waals surface area contributed by atoms with Crippen molar-refractivity contribution >= 4 is 23.4 Å². The molecule has 20 heavy (non-hydrogen) atoms. The highest BCUT2D eigenvalue weighted by Crippen LogP contribution is 2.27. The van der Waals surface area contributed by atoms with Crippen molar-refractivity contribution in [3.63, 3.8) is 0 Å². The van der Waals surface area contributed by atoms with Gasteiger partial charge in [-0.25, -0.2) is 4.79 Å². The van der Waals surface area contributed by atoms with Gasteiger partial charge in [0.15, 0.2) is 0 Å². The van der Waals surface area contributed by atoms with Crippen LogP contribution in [0.15, 0.2) is 18.2 Å². The number of halogens is 1. The number of nitrogens with zero attached hydrogens (tertiary/aromatic N) is 1. The maximum Gasteiger partial charge on any atom is 0.410 e. The van der Waals surface area contributed by atoms with Gasteiger partial charge in [-0.05, 0) is 39.3 Å². The number of carbonyl (C=O) groups excluding carboxylic acids is 1. The molecule has 0 saturated carbocycles. The third-order valence-corrected chi connectivity index (χ3v) is 3.42. The number of likely N-dealkylation sites (tertiary alicyclic amines) is 1. The van der Waals surface area contributed by atoms with Gasteiger partial charge in [-0.2, -0.15) is 0 Å². The van der Waals surface area contributed by atoms with Crippen LogP contribution in [0.2, 0.25) is 5.02 Å². The van der Waals surface area contributed by atoms with E-state index in [2.05, 4.69) is 5.32 Å². The van der Waals surface area contributed by atoms with Crippen molar-refractivity contribution in [1.29, 1.82) is 0 Å². The molecule has 5 heteroatoms. The van der Waals surface area contributed by atoms with Crippen molar-refractivity contribution in [3.8, 4) is 0 Å². The third kappa shape index (κ3) is 3.57. The van der Waals surface area contributed by atoms with Gasteiger partial charge in [0.25, 0.3) is 0 Å². The van der Waals surface area contributed by atoms with Gasteiger partial charge < -0.3 is 15.0 Å². The van der Waals surface area contributed by atoms with Crippen molar-refractivity contribution in [2.45, 2.75) is 39.3 Å². The summed E-state index contributed by atoms with van der Waals surface area (Å²) in [6.45, 7) is 8.90. The Bertz CT molecular complexity index is 485. The smallest absolute Gasteiger partial charge is 0.410 e. The number of ether oxygens (including phenoxy) is 1. The second-order valence-corrected chi connectivity index (χ2v) is 6.57. The van der Waals surface area contributed by atoms with Crippen LogP contribution in [0, 0.1) is 6.92 Å². The van der Waals surface area contributed by atoms with Crippen LogP contribution in [-0.4, -0.2) is 35.7 Å². The molecule has 0 aromatic heterocycles. The van der Waals surface area contributed by atoms with Crippen molar-refractivity contribution in [3.05, 3.63) is 28.8 Å². The Morgan fingerprint density at radius 1 is 1.40 bits per heavy atom. The molecule has 0 radical (unpaired) electrons. The average molecular weight is 297 g/mol. The van der Waals surface area contributed by atoms with E-state index in [0.29, 0.717) is 18.1 Å². The Hall–Kier alpha value is -1.42. The minimum absolute atomic E-state index is 0.223. The van der Waals surface area contributed by atoms with E-state index in [9.17, 15) is 4.79 Å². The number of amides is 1. The Morgan fingerprint density at radius 3 is 2.60 bits per heavy atom. The van der Waals surface area contributed by atoms with Crippen LogP contribution < -0.4 is 5.32 Å². The molecule has 0 spiro atoms. The van der Waals surface area contributed by atoms with E-state index in [0.717, 1.165) is 11.3 Å². The largest absolute Gasteiger partial charge is 0.444 e. The first-order valence-corrected chi connectivity index (χ1v) is 7.13. The van der Waals surface area contributed by atoms with Crippen molar-refractivity contribution in [2.24, 2.45) is 0 Å². The number of rotatable bonds is 2. The summed E-state index contributed by atoms with van der Waals surface area (Å²) in [4.78, 5) is 13.5. The van der Waals surface area contributed by atoms with Crippen LogP contribution in [0.4, 0.5) is 10.5 Å². The number of benzene rings is 1. The third-order valence-electron chi connectivity index (χ3n) is 3.10. The lowest BCUT2D eigenvalue weighted by atomic mass is 10.1. The summed E-state index contributed by atoms with van der Waals surface area (Å²) in [5.41, 5.74) is 1.60. The zero-order chi connectivity index (χ0) is 14.9. The second kappa shape index (κ2) is 5.52. The molecule has 1 aromatic carbocycles. The first-order valence-electron chi connectivity index (χ1n) is 6.76. The van der Waals surface area contributed by atoms with E-state index in [-0.39, 0.29) is 12.1 Å². The summed E-state index contributed by atoms with van der Waals surface area (Å²) >= 11 is 6.17. The summed E-state index contributed by atoms with van der Waals surface area (Å²) < 4.78 is 5.32. The van der Waals surface area contributed by atoms with Crippen molar-refractivity contribution in [2.75, 3.05) is 18.4 Å². The fourth-order valence-corrected chi connectivity index (χ4v) is 2.34. The number of aryl methyl sites for hydroxylation is 1. The van der Waals surface area contributed by atoms with Crippen molar-refractivity contribution in [1.82, 2.24) is 4.90 Å². The highest BCUT2D eigenvalue weighted by molar-refractivity contribution is 6.33. The number of hydrogen-bond acceptors (Lipinski definition) is 3. The quantitative estimate of drug-likeness (QED) is 0.905. The number of nitrogens with one attached hydrogen (secondary N) is 1. The molecule has 1 N–H and O–H groups in total. The first-order chi connectivity index (χ1) is 9.26. The molecule has 1 aliphatic rings. The van der Waals surface area contributed by atoms with Crippen LogP contribution in [-0.2, 0) is 4.74 Å². The minimum Gasteiger partial charge on any atom is -0.444 e. The van der Waals surface area contributed by atoms with E-state index in [1.807, 2.05) is 45.9 Å². The molecule has 1 saturated heterocycles. The molecule has 0 aliphatic carbocycles. The second-order valence-electron chi connectivity index (χ2n) is 6.16. The summed E-state index contributed by atoms with van der Waals surface area (Å²) in [7, 11) is 0. The molecule has 1 amide bonds. The Morgan fingerprint density at radius 2 is 2.05 bits per heavy atom. The van der Waals surface area contributed by atoms with E-state index >= 15 is 0 Å². The molecule has 110 valence electrons. The molecule has 1 fully saturated rings. The highest BCUT2D eigenvalue weighted by Gasteiger charge is 2.33. The van der Waals surface area contributed by atoms with Gasteiger partial charge in [-0.15, -0.1) is 0 Å². The zero-order valence-electron chi connectivity index (χ0n) is 12.4. The van der Waals surface area contributed by atoms with Gasteiger partial charge in [-0.1, -0.05) is 23.7 Å². The van der Waals surface area contributed by atoms with Crippen LogP contribution in [0.3, 0.4) is 0 Å². The minimum atomic E-state index is -0.449. The maximum absolute atomic E-state index is 11.8. The van der Waals surface area contributed by atoms with Crippen LogP contribution in [0.5, 0.6) is 0 Å². The Balaban J connectivity index is 1.87. The predicted octanol–water partition coefficient (Wildman–Crippen LogP) is 3.68. The van der Waals surface area contributed by atoms with E-state index in [4.69, 9.17) is 16.3 Å². The predicted molar refractivity (Wildman–Crippen MR) is 81.4 cm³/mol. The molecule has 2 rings (SSSR count). The van der Waals surface area contributed by atoms with Gasteiger partial charge in [0, 0.05) is 13.1 Å². The fraction of sp³-hybridized carbons (Fsp3) is 0.533. The van der Waals surface area contributed by atoms with Gasteiger partial charge >= 0.3 is 6.09 Å². The van der Waals surface area contributed by atoms with Gasteiger partial charge in [-0.3, -0.25) is 0 Å². The number of anilines is 1. The SMILES string of the molecule is Cc1cccc(Cl)c1NC1CN(C(=O)OC(C)(C)C)C1. The number of hydrogen-bond donors (Lipinski definition) is 1. The van der Waals surface area contributed by atoms with Crippen LogP contribution >= 0.6 is 11.6 Å². The molecule has 1 aliphatic heterocycles. The molecule has 1 heterocycles. The lowest BCUT2D eigenvalue weighted by Gasteiger charge is -2.40. The molecule has 0 unspecified atom stereocenters. The first kappa shape index (κ1) is 15.0. The lowest BCUT2D eigenvalue weighted by molar-refractivity contribution is 0.0105. The summed E-state index contributed by atoms with van der Waals surface area (Å²) in [6.07, 6.45) is -0.258. The Kier molecular flexibility index (Phi) is 4.14. The van der Waals surface area contributed by atoms with E-state index in [1.165, 1.54) is 0 Å². The zero-order valence-corrected chi connectivity index (χ0v) is 13.1. The summed E-state index contributed by atoms with van der Waals surface area (Å²) in [5, 5.41) is 4.09. The molecule has 0 atom stereocenters.